The molecule has 0 radical (unpaired) electrons. The Kier molecular flexibility index (Phi) is 7.49. The number of fused-ring (bicyclic) bond motifs is 2. The van der Waals surface area contributed by atoms with Gasteiger partial charge in [0.25, 0.3) is 0 Å². The smallest absolute Gasteiger partial charge is 0.337 e. The van der Waals surface area contributed by atoms with Gasteiger partial charge in [-0.25, -0.2) is 14.5 Å². The van der Waals surface area contributed by atoms with Crippen LogP contribution in [0.1, 0.15) is 78.8 Å². The van der Waals surface area contributed by atoms with Gasteiger partial charge < -0.3 is 14.0 Å². The second kappa shape index (κ2) is 11.6. The maximum atomic E-state index is 11.8. The van der Waals surface area contributed by atoms with Crippen molar-refractivity contribution in [2.45, 2.75) is 57.2 Å². The second-order valence-electron chi connectivity index (χ2n) is 12.0. The van der Waals surface area contributed by atoms with Gasteiger partial charge in [0.2, 0.25) is 0 Å². The van der Waals surface area contributed by atoms with E-state index in [1.54, 1.807) is 0 Å². The van der Waals surface area contributed by atoms with E-state index in [-0.39, 0.29) is 18.2 Å². The monoisotopic (exact) mass is 577 g/mol. The lowest BCUT2D eigenvalue weighted by Gasteiger charge is -2.36. The SMILES string of the molecule is COC(=O)c1ccc(C2CCN([C@H](C)c3cc4c(-c5ccc6c(cnn6C6CCCCO6)c5)ccnc4n3C)CC2)cc1. The van der Waals surface area contributed by atoms with Gasteiger partial charge in [0, 0.05) is 42.4 Å². The van der Waals surface area contributed by atoms with Crippen LogP contribution in [0, 0.1) is 0 Å². The zero-order valence-electron chi connectivity index (χ0n) is 25.2. The highest BCUT2D eigenvalue weighted by molar-refractivity contribution is 5.96. The third-order valence-electron chi connectivity index (χ3n) is 9.61. The van der Waals surface area contributed by atoms with Crippen molar-refractivity contribution < 1.29 is 14.3 Å². The van der Waals surface area contributed by atoms with Crippen molar-refractivity contribution in [2.24, 2.45) is 7.05 Å². The van der Waals surface area contributed by atoms with Gasteiger partial charge in [-0.2, -0.15) is 5.10 Å². The molecule has 2 saturated heterocycles. The number of piperidine rings is 1. The number of hydrogen-bond donors (Lipinski definition) is 0. The molecule has 0 bridgehead atoms. The Morgan fingerprint density at radius 3 is 2.58 bits per heavy atom. The van der Waals surface area contributed by atoms with E-state index in [1.807, 2.05) is 29.2 Å². The first-order valence-electron chi connectivity index (χ1n) is 15.5. The van der Waals surface area contributed by atoms with Crippen LogP contribution in [0.15, 0.2) is 67.0 Å². The van der Waals surface area contributed by atoms with Crippen LogP contribution in [-0.4, -0.2) is 57.0 Å². The summed E-state index contributed by atoms with van der Waals surface area (Å²) in [6.07, 6.45) is 9.41. The summed E-state index contributed by atoms with van der Waals surface area (Å²) < 4.78 is 15.2. The fraction of sp³-hybridized carbons (Fsp3) is 0.400. The minimum atomic E-state index is -0.288. The maximum Gasteiger partial charge on any atom is 0.337 e. The molecule has 1 unspecified atom stereocenters. The van der Waals surface area contributed by atoms with E-state index in [0.717, 1.165) is 61.9 Å². The molecule has 5 heterocycles. The largest absolute Gasteiger partial charge is 0.465 e. The Morgan fingerprint density at radius 1 is 1.02 bits per heavy atom. The van der Waals surface area contributed by atoms with Crippen molar-refractivity contribution in [1.29, 1.82) is 0 Å². The van der Waals surface area contributed by atoms with Crippen LogP contribution in [0.5, 0.6) is 0 Å². The molecule has 0 aliphatic carbocycles. The zero-order chi connectivity index (χ0) is 29.5. The highest BCUT2D eigenvalue weighted by Crippen LogP contribution is 2.37. The number of nitrogens with zero attached hydrogens (tertiary/aromatic N) is 5. The Bertz CT molecular complexity index is 1760. The summed E-state index contributed by atoms with van der Waals surface area (Å²) in [6.45, 7) is 5.17. The number of hydrogen-bond acceptors (Lipinski definition) is 6. The molecule has 0 saturated carbocycles. The maximum absolute atomic E-state index is 11.8. The van der Waals surface area contributed by atoms with E-state index in [1.165, 1.54) is 41.3 Å². The average Bonchev–Trinajstić information content (AvgIpc) is 3.65. The molecule has 0 amide bonds. The van der Waals surface area contributed by atoms with Gasteiger partial charge in [0.1, 0.15) is 5.65 Å². The predicted molar refractivity (Wildman–Crippen MR) is 168 cm³/mol. The average molecular weight is 578 g/mol. The number of rotatable bonds is 6. The molecule has 0 N–H and O–H groups in total. The molecule has 222 valence electrons. The molecule has 2 atom stereocenters. The van der Waals surface area contributed by atoms with Gasteiger partial charge in [-0.3, -0.25) is 4.90 Å². The number of aryl methyl sites for hydroxylation is 1. The lowest BCUT2D eigenvalue weighted by molar-refractivity contribution is -0.0366. The van der Waals surface area contributed by atoms with Crippen molar-refractivity contribution in [3.05, 3.63) is 83.8 Å². The first-order chi connectivity index (χ1) is 21.0. The van der Waals surface area contributed by atoms with Crippen LogP contribution in [0.2, 0.25) is 0 Å². The number of aromatic nitrogens is 4. The first kappa shape index (κ1) is 27.8. The Labute approximate surface area is 252 Å². The molecule has 2 aliphatic heterocycles. The molecule has 8 heteroatoms. The van der Waals surface area contributed by atoms with Gasteiger partial charge in [-0.15, -0.1) is 0 Å². The highest BCUT2D eigenvalue weighted by Gasteiger charge is 2.27. The van der Waals surface area contributed by atoms with Crippen molar-refractivity contribution in [3.63, 3.8) is 0 Å². The predicted octanol–water partition coefficient (Wildman–Crippen LogP) is 7.02. The van der Waals surface area contributed by atoms with Gasteiger partial charge in [-0.05, 0) is 111 Å². The van der Waals surface area contributed by atoms with Gasteiger partial charge in [0.15, 0.2) is 6.23 Å². The van der Waals surface area contributed by atoms with Gasteiger partial charge in [0.05, 0.1) is 24.4 Å². The van der Waals surface area contributed by atoms with Crippen LogP contribution < -0.4 is 0 Å². The minimum Gasteiger partial charge on any atom is -0.465 e. The number of carbonyl (C=O) groups excluding carboxylic acids is 1. The molecular weight excluding hydrogens is 538 g/mol. The van der Waals surface area contributed by atoms with Crippen LogP contribution in [0.4, 0.5) is 0 Å². The third kappa shape index (κ3) is 5.12. The molecular formula is C35H39N5O3. The molecule has 7 rings (SSSR count). The molecule has 3 aromatic heterocycles. The number of ether oxygens (including phenoxy) is 2. The van der Waals surface area contributed by atoms with E-state index >= 15 is 0 Å². The fourth-order valence-corrected chi connectivity index (χ4v) is 7.07. The molecule has 2 aromatic carbocycles. The topological polar surface area (TPSA) is 74.4 Å². The summed E-state index contributed by atoms with van der Waals surface area (Å²) in [4.78, 5) is 19.2. The van der Waals surface area contributed by atoms with Crippen LogP contribution in [0.25, 0.3) is 33.1 Å². The number of esters is 1. The summed E-state index contributed by atoms with van der Waals surface area (Å²) in [5, 5.41) is 7.00. The molecule has 8 nitrogen and oxygen atoms in total. The van der Waals surface area contributed by atoms with Crippen LogP contribution in [0.3, 0.4) is 0 Å². The quantitative estimate of drug-likeness (QED) is 0.202. The lowest BCUT2D eigenvalue weighted by Crippen LogP contribution is -2.35. The minimum absolute atomic E-state index is 0.0279. The number of carbonyl (C=O) groups is 1. The lowest BCUT2D eigenvalue weighted by atomic mass is 9.88. The fourth-order valence-electron chi connectivity index (χ4n) is 7.07. The Balaban J connectivity index is 1.10. The molecule has 2 fully saturated rings. The summed E-state index contributed by atoms with van der Waals surface area (Å²) in [5.74, 6) is 0.212. The summed E-state index contributed by atoms with van der Waals surface area (Å²) in [5.41, 5.74) is 7.67. The summed E-state index contributed by atoms with van der Waals surface area (Å²) >= 11 is 0. The van der Waals surface area contributed by atoms with E-state index in [2.05, 4.69) is 65.9 Å². The standard InChI is InChI=1S/C35H39N5O3/c1-23(39-17-14-25(15-18-39)24-7-9-26(10-8-24)35(41)42-3)32-21-30-29(13-16-36-34(30)38(32)2)27-11-12-31-28(20-27)22-37-40(31)33-6-4-5-19-43-33/h7-13,16,20-23,25,33H,4-6,14-15,17-19H2,1-3H3/t23-,33?/m1/s1. The summed E-state index contributed by atoms with van der Waals surface area (Å²) in [7, 11) is 3.56. The van der Waals surface area contributed by atoms with Crippen molar-refractivity contribution in [3.8, 4) is 11.1 Å². The first-order valence-corrected chi connectivity index (χ1v) is 15.5. The third-order valence-corrected chi connectivity index (χ3v) is 9.61. The highest BCUT2D eigenvalue weighted by atomic mass is 16.5. The number of likely N-dealkylation sites (tertiary alicyclic amines) is 1. The van der Waals surface area contributed by atoms with Crippen molar-refractivity contribution in [2.75, 3.05) is 26.8 Å². The molecule has 5 aromatic rings. The van der Waals surface area contributed by atoms with E-state index in [0.29, 0.717) is 11.5 Å². The molecule has 2 aliphatic rings. The van der Waals surface area contributed by atoms with Gasteiger partial charge in [-0.1, -0.05) is 18.2 Å². The van der Waals surface area contributed by atoms with E-state index in [4.69, 9.17) is 19.6 Å². The van der Waals surface area contributed by atoms with Crippen molar-refractivity contribution in [1.82, 2.24) is 24.2 Å². The summed E-state index contributed by atoms with van der Waals surface area (Å²) in [6, 6.07) is 19.3. The van der Waals surface area contributed by atoms with Crippen molar-refractivity contribution >= 4 is 27.9 Å². The number of benzene rings is 2. The van der Waals surface area contributed by atoms with Gasteiger partial charge >= 0.3 is 5.97 Å². The Hall–Kier alpha value is -4.01. The van der Waals surface area contributed by atoms with E-state index in [9.17, 15) is 4.79 Å². The molecule has 0 spiro atoms. The van der Waals surface area contributed by atoms with Crippen LogP contribution in [-0.2, 0) is 16.5 Å². The zero-order valence-corrected chi connectivity index (χ0v) is 25.2. The number of pyridine rings is 1. The second-order valence-corrected chi connectivity index (χ2v) is 12.0. The van der Waals surface area contributed by atoms with Crippen LogP contribution >= 0.6 is 0 Å². The van der Waals surface area contributed by atoms with E-state index < -0.39 is 0 Å². The number of methoxy groups -OCH3 is 1. The molecule has 43 heavy (non-hydrogen) atoms. The normalized spacial score (nSPS) is 19.2. The Morgan fingerprint density at radius 2 is 1.84 bits per heavy atom.